The van der Waals surface area contributed by atoms with Crippen LogP contribution in [0.1, 0.15) is 32.6 Å². The molecule has 2 rings (SSSR count). The molecule has 0 atom stereocenters. The molecule has 1 nitrogen and oxygen atoms in total. The first-order valence-electron chi connectivity index (χ1n) is 5.39. The van der Waals surface area contributed by atoms with Crippen molar-refractivity contribution in [2.24, 2.45) is 5.41 Å². The smallest absolute Gasteiger partial charge is 0.178 e. The Morgan fingerprint density at radius 1 is 1.36 bits per heavy atom. The minimum Gasteiger partial charge on any atom is -0.290 e. The van der Waals surface area contributed by atoms with Crippen molar-refractivity contribution in [3.63, 3.8) is 0 Å². The lowest BCUT2D eigenvalue weighted by Crippen LogP contribution is -2.17. The van der Waals surface area contributed by atoms with Crippen LogP contribution in [0.4, 0.5) is 0 Å². The maximum atomic E-state index is 11.1. The molecule has 0 N–H and O–H groups in total. The Morgan fingerprint density at radius 3 is 2.71 bits per heavy atom. The Morgan fingerprint density at radius 2 is 2.07 bits per heavy atom. The molecule has 0 unspecified atom stereocenters. The van der Waals surface area contributed by atoms with Crippen LogP contribution in [0.15, 0.2) is 36.0 Å². The van der Waals surface area contributed by atoms with Gasteiger partial charge in [0.1, 0.15) is 0 Å². The van der Waals surface area contributed by atoms with Gasteiger partial charge in [-0.25, -0.2) is 0 Å². The van der Waals surface area contributed by atoms with Crippen molar-refractivity contribution in [3.05, 3.63) is 36.0 Å². The van der Waals surface area contributed by atoms with Crippen molar-refractivity contribution in [1.82, 2.24) is 0 Å². The summed E-state index contributed by atoms with van der Waals surface area (Å²) in [6.07, 6.45) is 14.6. The van der Waals surface area contributed by atoms with Gasteiger partial charge in [-0.1, -0.05) is 37.1 Å². The zero-order valence-electron chi connectivity index (χ0n) is 8.62. The zero-order valence-corrected chi connectivity index (χ0v) is 8.62. The predicted molar refractivity (Wildman–Crippen MR) is 57.9 cm³/mol. The predicted octanol–water partition coefficient (Wildman–Crippen LogP) is 3.19. The molecule has 0 amide bonds. The van der Waals surface area contributed by atoms with Crippen LogP contribution in [0, 0.1) is 5.41 Å². The SMILES string of the molecule is CCCC1=CCCC12C=CC(=O)C=C2. The van der Waals surface area contributed by atoms with E-state index in [9.17, 15) is 4.79 Å². The number of ketones is 1. The molecule has 1 spiro atoms. The van der Waals surface area contributed by atoms with E-state index in [1.165, 1.54) is 12.0 Å². The van der Waals surface area contributed by atoms with E-state index in [0.717, 1.165) is 19.3 Å². The van der Waals surface area contributed by atoms with E-state index in [1.807, 2.05) is 0 Å². The summed E-state index contributed by atoms with van der Waals surface area (Å²) < 4.78 is 0. The Bertz CT molecular complexity index is 315. The van der Waals surface area contributed by atoms with Crippen LogP contribution < -0.4 is 0 Å². The van der Waals surface area contributed by atoms with Gasteiger partial charge >= 0.3 is 0 Å². The summed E-state index contributed by atoms with van der Waals surface area (Å²) in [4.78, 5) is 11.1. The standard InChI is InChI=1S/C13H16O/c1-2-4-11-5-3-8-13(11)9-6-12(14)7-10-13/h5-7,9-10H,2-4,8H2,1H3. The van der Waals surface area contributed by atoms with E-state index in [1.54, 1.807) is 12.2 Å². The first-order valence-corrected chi connectivity index (χ1v) is 5.39. The van der Waals surface area contributed by atoms with Gasteiger partial charge in [0.05, 0.1) is 0 Å². The summed E-state index contributed by atoms with van der Waals surface area (Å²) in [5, 5.41) is 0. The molecule has 0 aromatic heterocycles. The average molecular weight is 188 g/mol. The Hall–Kier alpha value is -1.11. The Labute approximate surface area is 85.2 Å². The molecule has 0 saturated carbocycles. The number of allylic oxidation sites excluding steroid dienone is 6. The number of carbonyl (C=O) groups is 1. The van der Waals surface area contributed by atoms with E-state index in [4.69, 9.17) is 0 Å². The van der Waals surface area contributed by atoms with Crippen LogP contribution in [0.3, 0.4) is 0 Å². The van der Waals surface area contributed by atoms with Crippen LogP contribution in [0.5, 0.6) is 0 Å². The third kappa shape index (κ3) is 1.47. The van der Waals surface area contributed by atoms with E-state index >= 15 is 0 Å². The van der Waals surface area contributed by atoms with Gasteiger partial charge in [0.25, 0.3) is 0 Å². The van der Waals surface area contributed by atoms with Crippen molar-refractivity contribution < 1.29 is 4.79 Å². The quantitative estimate of drug-likeness (QED) is 0.608. The monoisotopic (exact) mass is 188 g/mol. The molecule has 0 bridgehead atoms. The summed E-state index contributed by atoms with van der Waals surface area (Å²) in [7, 11) is 0. The number of carbonyl (C=O) groups excluding carboxylic acids is 1. The highest BCUT2D eigenvalue weighted by molar-refractivity contribution is 6.00. The molecule has 1 heteroatoms. The van der Waals surface area contributed by atoms with Crippen LogP contribution >= 0.6 is 0 Å². The summed E-state index contributed by atoms with van der Waals surface area (Å²) in [5.74, 6) is 0.123. The van der Waals surface area contributed by atoms with Crippen LogP contribution in [-0.4, -0.2) is 5.78 Å². The molecule has 0 saturated heterocycles. The van der Waals surface area contributed by atoms with Gasteiger partial charge in [0.15, 0.2) is 5.78 Å². The normalized spacial score (nSPS) is 23.2. The molecule has 0 radical (unpaired) electrons. The highest BCUT2D eigenvalue weighted by atomic mass is 16.1. The third-order valence-electron chi connectivity index (χ3n) is 3.16. The minimum absolute atomic E-state index is 0.101. The molecule has 74 valence electrons. The molecule has 2 aliphatic rings. The van der Waals surface area contributed by atoms with Crippen molar-refractivity contribution in [2.75, 3.05) is 0 Å². The molecule has 0 aliphatic heterocycles. The van der Waals surface area contributed by atoms with E-state index in [0.29, 0.717) is 0 Å². The van der Waals surface area contributed by atoms with Gasteiger partial charge < -0.3 is 0 Å². The van der Waals surface area contributed by atoms with Gasteiger partial charge in [-0.2, -0.15) is 0 Å². The lowest BCUT2D eigenvalue weighted by Gasteiger charge is -2.27. The Kier molecular flexibility index (Phi) is 2.40. The largest absolute Gasteiger partial charge is 0.290 e. The molecule has 0 aromatic rings. The van der Waals surface area contributed by atoms with Gasteiger partial charge in [0, 0.05) is 5.41 Å². The van der Waals surface area contributed by atoms with Gasteiger partial charge in [-0.3, -0.25) is 4.79 Å². The van der Waals surface area contributed by atoms with Crippen molar-refractivity contribution in [1.29, 1.82) is 0 Å². The van der Waals surface area contributed by atoms with Crippen molar-refractivity contribution >= 4 is 5.78 Å². The lowest BCUT2D eigenvalue weighted by molar-refractivity contribution is -0.110. The van der Waals surface area contributed by atoms with Gasteiger partial charge in [-0.05, 0) is 31.4 Å². The molecular formula is C13H16O. The van der Waals surface area contributed by atoms with Gasteiger partial charge in [0.2, 0.25) is 0 Å². The third-order valence-corrected chi connectivity index (χ3v) is 3.16. The maximum absolute atomic E-state index is 11.1. The minimum atomic E-state index is 0.101. The topological polar surface area (TPSA) is 17.1 Å². The van der Waals surface area contributed by atoms with Crippen LogP contribution in [-0.2, 0) is 4.79 Å². The summed E-state index contributed by atoms with van der Waals surface area (Å²) in [6, 6.07) is 0. The summed E-state index contributed by atoms with van der Waals surface area (Å²) in [6.45, 7) is 2.20. The summed E-state index contributed by atoms with van der Waals surface area (Å²) in [5.41, 5.74) is 1.60. The van der Waals surface area contributed by atoms with Crippen LogP contribution in [0.2, 0.25) is 0 Å². The molecular weight excluding hydrogens is 172 g/mol. The zero-order chi connectivity index (χ0) is 10.0. The average Bonchev–Trinajstić information content (AvgIpc) is 2.56. The maximum Gasteiger partial charge on any atom is 0.178 e. The second-order valence-corrected chi connectivity index (χ2v) is 4.13. The number of hydrogen-bond donors (Lipinski definition) is 0. The molecule has 0 fully saturated rings. The molecule has 0 aromatic carbocycles. The second-order valence-electron chi connectivity index (χ2n) is 4.13. The number of rotatable bonds is 2. The van der Waals surface area contributed by atoms with E-state index in [-0.39, 0.29) is 11.2 Å². The fraction of sp³-hybridized carbons (Fsp3) is 0.462. The fourth-order valence-corrected chi connectivity index (χ4v) is 2.39. The van der Waals surface area contributed by atoms with E-state index in [2.05, 4.69) is 25.2 Å². The van der Waals surface area contributed by atoms with Crippen molar-refractivity contribution in [3.8, 4) is 0 Å². The first-order chi connectivity index (χ1) is 6.77. The molecule has 2 aliphatic carbocycles. The van der Waals surface area contributed by atoms with Crippen LogP contribution in [0.25, 0.3) is 0 Å². The summed E-state index contributed by atoms with van der Waals surface area (Å²) >= 11 is 0. The Balaban J connectivity index is 2.25. The second kappa shape index (κ2) is 3.56. The molecule has 0 heterocycles. The fourth-order valence-electron chi connectivity index (χ4n) is 2.39. The molecule has 14 heavy (non-hydrogen) atoms. The highest BCUT2D eigenvalue weighted by Crippen LogP contribution is 2.44. The van der Waals surface area contributed by atoms with Crippen molar-refractivity contribution in [2.45, 2.75) is 32.6 Å². The highest BCUT2D eigenvalue weighted by Gasteiger charge is 2.33. The number of hydrogen-bond acceptors (Lipinski definition) is 1. The van der Waals surface area contributed by atoms with E-state index < -0.39 is 0 Å². The lowest BCUT2D eigenvalue weighted by atomic mass is 9.76. The van der Waals surface area contributed by atoms with Gasteiger partial charge in [-0.15, -0.1) is 0 Å². The first kappa shape index (κ1) is 9.45.